The van der Waals surface area contributed by atoms with Crippen molar-refractivity contribution in [2.45, 2.75) is 31.7 Å². The van der Waals surface area contributed by atoms with E-state index in [1.165, 1.54) is 5.56 Å². The fourth-order valence-corrected chi connectivity index (χ4v) is 3.14. The van der Waals surface area contributed by atoms with Gasteiger partial charge in [-0.15, -0.1) is 0 Å². The third-order valence-corrected chi connectivity index (χ3v) is 4.15. The minimum Gasteiger partial charge on any atom is -0.394 e. The number of nitrogens with zero attached hydrogens (tertiary/aromatic N) is 1. The number of nitrogens with one attached hydrogen (secondary N) is 1. The highest BCUT2D eigenvalue weighted by Gasteiger charge is 2.30. The smallest absolute Gasteiger partial charge is 0.256 e. The van der Waals surface area contributed by atoms with Gasteiger partial charge >= 0.3 is 0 Å². The Morgan fingerprint density at radius 3 is 3.16 bits per heavy atom. The Morgan fingerprint density at radius 2 is 2.32 bits per heavy atom. The van der Waals surface area contributed by atoms with Gasteiger partial charge in [0.15, 0.2) is 0 Å². The molecule has 1 amide bonds. The number of carbonyl (C=O) groups excluding carboxylic acids is 1. The van der Waals surface area contributed by atoms with E-state index in [4.69, 9.17) is 0 Å². The number of hydrogen-bond donors (Lipinski definition) is 2. The lowest BCUT2D eigenvalue weighted by molar-refractivity contribution is 0.0678. The largest absolute Gasteiger partial charge is 0.394 e. The normalized spacial score (nSPS) is 21.9. The van der Waals surface area contributed by atoms with Gasteiger partial charge in [0.25, 0.3) is 5.91 Å². The summed E-state index contributed by atoms with van der Waals surface area (Å²) in [4.78, 5) is 14.5. The highest BCUT2D eigenvalue weighted by atomic mass is 16.3. The summed E-state index contributed by atoms with van der Waals surface area (Å²) in [6.07, 6.45) is 4.05. The minimum atomic E-state index is -0.00746. The summed E-state index contributed by atoms with van der Waals surface area (Å²) in [6.45, 7) is 1.75. The summed E-state index contributed by atoms with van der Waals surface area (Å²) in [7, 11) is 0. The zero-order valence-corrected chi connectivity index (χ0v) is 11.1. The highest BCUT2D eigenvalue weighted by Crippen LogP contribution is 2.29. The van der Waals surface area contributed by atoms with Gasteiger partial charge in [-0.25, -0.2) is 0 Å². The first-order chi connectivity index (χ1) is 9.31. The number of para-hydroxylation sites is 1. The topological polar surface area (TPSA) is 52.6 Å². The molecular weight excluding hydrogens is 240 g/mol. The third kappa shape index (κ3) is 2.21. The zero-order chi connectivity index (χ0) is 13.2. The number of aliphatic hydroxyl groups is 1. The van der Waals surface area contributed by atoms with Gasteiger partial charge in [-0.1, -0.05) is 12.1 Å². The van der Waals surface area contributed by atoms with E-state index in [1.807, 2.05) is 17.0 Å². The molecule has 3 rings (SSSR count). The number of rotatable bonds is 2. The van der Waals surface area contributed by atoms with Crippen molar-refractivity contribution in [3.63, 3.8) is 0 Å². The number of anilines is 1. The summed E-state index contributed by atoms with van der Waals surface area (Å²) in [5.74, 6) is 0.0581. The van der Waals surface area contributed by atoms with Crippen LogP contribution in [0.5, 0.6) is 0 Å². The molecule has 2 aliphatic rings. The molecule has 1 fully saturated rings. The maximum atomic E-state index is 12.7. The Morgan fingerprint density at radius 1 is 1.42 bits per heavy atom. The van der Waals surface area contributed by atoms with E-state index in [0.717, 1.165) is 50.0 Å². The van der Waals surface area contributed by atoms with Crippen molar-refractivity contribution in [3.8, 4) is 0 Å². The van der Waals surface area contributed by atoms with Crippen LogP contribution in [0, 0.1) is 0 Å². The van der Waals surface area contributed by atoms with Gasteiger partial charge in [0.05, 0.1) is 23.9 Å². The molecule has 0 spiro atoms. The van der Waals surface area contributed by atoms with Crippen molar-refractivity contribution in [1.82, 2.24) is 4.90 Å². The predicted molar refractivity (Wildman–Crippen MR) is 74.4 cm³/mol. The van der Waals surface area contributed by atoms with Crippen LogP contribution in [-0.4, -0.2) is 41.7 Å². The number of amides is 1. The Labute approximate surface area is 113 Å². The van der Waals surface area contributed by atoms with Crippen molar-refractivity contribution < 1.29 is 9.90 Å². The molecule has 0 aromatic heterocycles. The third-order valence-electron chi connectivity index (χ3n) is 4.15. The van der Waals surface area contributed by atoms with Crippen LogP contribution in [0.2, 0.25) is 0 Å². The van der Waals surface area contributed by atoms with Crippen LogP contribution in [-0.2, 0) is 6.42 Å². The molecule has 0 radical (unpaired) electrons. The number of aryl methyl sites for hydroxylation is 1. The maximum Gasteiger partial charge on any atom is 0.256 e. The van der Waals surface area contributed by atoms with Crippen LogP contribution in [0.3, 0.4) is 0 Å². The first-order valence-electron chi connectivity index (χ1n) is 7.09. The van der Waals surface area contributed by atoms with Crippen LogP contribution in [0.1, 0.15) is 35.2 Å². The summed E-state index contributed by atoms with van der Waals surface area (Å²) in [5, 5.41) is 12.7. The van der Waals surface area contributed by atoms with Gasteiger partial charge in [-0.3, -0.25) is 4.79 Å². The second kappa shape index (κ2) is 5.21. The molecule has 2 heterocycles. The van der Waals surface area contributed by atoms with E-state index < -0.39 is 0 Å². The second-order valence-corrected chi connectivity index (χ2v) is 5.35. The highest BCUT2D eigenvalue weighted by molar-refractivity contribution is 6.00. The lowest BCUT2D eigenvalue weighted by atomic mass is 9.98. The standard InChI is InChI=1S/C15H20N2O2/c18-10-12-6-3-9-17(12)15(19)13-7-1-4-11-5-2-8-16-14(11)13/h1,4,7,12,16,18H,2-3,5-6,8-10H2. The Hall–Kier alpha value is -1.55. The van der Waals surface area contributed by atoms with E-state index in [1.54, 1.807) is 0 Å². The number of carbonyl (C=O) groups is 1. The van der Waals surface area contributed by atoms with Gasteiger partial charge in [0, 0.05) is 13.1 Å². The molecule has 102 valence electrons. The van der Waals surface area contributed by atoms with Gasteiger partial charge in [0.2, 0.25) is 0 Å². The van der Waals surface area contributed by atoms with Gasteiger partial charge in [-0.2, -0.15) is 0 Å². The lowest BCUT2D eigenvalue weighted by Gasteiger charge is -2.26. The van der Waals surface area contributed by atoms with Crippen molar-refractivity contribution in [2.75, 3.05) is 25.0 Å². The number of likely N-dealkylation sites (tertiary alicyclic amines) is 1. The number of aliphatic hydroxyl groups excluding tert-OH is 1. The number of fused-ring (bicyclic) bond motifs is 1. The van der Waals surface area contributed by atoms with Crippen LogP contribution in [0.15, 0.2) is 18.2 Å². The van der Waals surface area contributed by atoms with Crippen molar-refractivity contribution >= 4 is 11.6 Å². The average molecular weight is 260 g/mol. The zero-order valence-electron chi connectivity index (χ0n) is 11.1. The fourth-order valence-electron chi connectivity index (χ4n) is 3.14. The molecule has 1 unspecified atom stereocenters. The van der Waals surface area contributed by atoms with Gasteiger partial charge in [-0.05, 0) is 37.3 Å². The summed E-state index contributed by atoms with van der Waals surface area (Å²) in [6, 6.07) is 5.94. The number of benzene rings is 1. The van der Waals surface area contributed by atoms with E-state index in [2.05, 4.69) is 11.4 Å². The first-order valence-corrected chi connectivity index (χ1v) is 7.09. The molecule has 2 aliphatic heterocycles. The van der Waals surface area contributed by atoms with E-state index in [-0.39, 0.29) is 18.6 Å². The predicted octanol–water partition coefficient (Wildman–Crippen LogP) is 1.64. The molecule has 4 heteroatoms. The van der Waals surface area contributed by atoms with Crippen molar-refractivity contribution in [1.29, 1.82) is 0 Å². The average Bonchev–Trinajstić information content (AvgIpc) is 2.94. The Balaban J connectivity index is 1.91. The molecule has 0 saturated carbocycles. The molecule has 1 saturated heterocycles. The molecule has 1 aromatic rings. The maximum absolute atomic E-state index is 12.7. The Kier molecular flexibility index (Phi) is 3.42. The van der Waals surface area contributed by atoms with Crippen LogP contribution in [0.4, 0.5) is 5.69 Å². The van der Waals surface area contributed by atoms with Crippen LogP contribution < -0.4 is 5.32 Å². The monoisotopic (exact) mass is 260 g/mol. The molecular formula is C15H20N2O2. The van der Waals surface area contributed by atoms with Gasteiger partial charge in [0.1, 0.15) is 0 Å². The van der Waals surface area contributed by atoms with Gasteiger partial charge < -0.3 is 15.3 Å². The van der Waals surface area contributed by atoms with Crippen molar-refractivity contribution in [3.05, 3.63) is 29.3 Å². The molecule has 1 aromatic carbocycles. The van der Waals surface area contributed by atoms with Crippen LogP contribution in [0.25, 0.3) is 0 Å². The first kappa shape index (κ1) is 12.5. The molecule has 2 N–H and O–H groups in total. The molecule has 0 bridgehead atoms. The summed E-state index contributed by atoms with van der Waals surface area (Å²) < 4.78 is 0. The SMILES string of the molecule is O=C(c1cccc2c1NCCC2)N1CCCC1CO. The van der Waals surface area contributed by atoms with Crippen LogP contribution >= 0.6 is 0 Å². The second-order valence-electron chi connectivity index (χ2n) is 5.35. The lowest BCUT2D eigenvalue weighted by Crippen LogP contribution is -2.38. The summed E-state index contributed by atoms with van der Waals surface area (Å²) >= 11 is 0. The van der Waals surface area contributed by atoms with Crippen molar-refractivity contribution in [2.24, 2.45) is 0 Å². The molecule has 4 nitrogen and oxygen atoms in total. The minimum absolute atomic E-state index is 0.00746. The quantitative estimate of drug-likeness (QED) is 0.850. The Bertz CT molecular complexity index is 487. The fraction of sp³-hybridized carbons (Fsp3) is 0.533. The van der Waals surface area contributed by atoms with E-state index in [0.29, 0.717) is 0 Å². The molecule has 19 heavy (non-hydrogen) atoms. The number of hydrogen-bond acceptors (Lipinski definition) is 3. The molecule has 0 aliphatic carbocycles. The van der Waals surface area contributed by atoms with E-state index >= 15 is 0 Å². The molecule has 1 atom stereocenters. The summed E-state index contributed by atoms with van der Waals surface area (Å²) in [5.41, 5.74) is 3.00. The van der Waals surface area contributed by atoms with E-state index in [9.17, 15) is 9.90 Å².